The van der Waals surface area contributed by atoms with Crippen LogP contribution in [0.3, 0.4) is 0 Å². The Kier molecular flexibility index (Phi) is 2.93. The molecule has 3 rings (SSSR count). The summed E-state index contributed by atoms with van der Waals surface area (Å²) in [5.41, 5.74) is 1.45. The van der Waals surface area contributed by atoms with Crippen LogP contribution in [0.15, 0.2) is 40.3 Å². The largest absolute Gasteiger partial charge is 0.359 e. The molecule has 0 aliphatic heterocycles. The molecule has 3 aromatic rings. The zero-order valence-electron chi connectivity index (χ0n) is 9.99. The van der Waals surface area contributed by atoms with E-state index in [2.05, 4.69) is 20.8 Å². The van der Waals surface area contributed by atoms with Crippen molar-refractivity contribution in [2.24, 2.45) is 0 Å². The standard InChI is InChI=1S/C12H8N4O2S2/c13-7-8-1-2-10(11-9(8)3-4-14-11)16-20(17,18)12-15-5-6-19-12/h1-6,14,16H. The molecule has 6 nitrogen and oxygen atoms in total. The summed E-state index contributed by atoms with van der Waals surface area (Å²) in [6.07, 6.45) is 3.09. The first-order valence-corrected chi connectivity index (χ1v) is 7.90. The molecular weight excluding hydrogens is 296 g/mol. The third-order valence-electron chi connectivity index (χ3n) is 2.73. The summed E-state index contributed by atoms with van der Waals surface area (Å²) >= 11 is 1.04. The molecule has 2 aromatic heterocycles. The zero-order valence-corrected chi connectivity index (χ0v) is 11.6. The summed E-state index contributed by atoms with van der Waals surface area (Å²) in [5.74, 6) is 0. The van der Waals surface area contributed by atoms with Crippen molar-refractivity contribution in [1.82, 2.24) is 9.97 Å². The van der Waals surface area contributed by atoms with Crippen molar-refractivity contribution in [3.8, 4) is 6.07 Å². The lowest BCUT2D eigenvalue weighted by molar-refractivity contribution is 0.600. The maximum atomic E-state index is 12.1. The number of nitriles is 1. The summed E-state index contributed by atoms with van der Waals surface area (Å²) in [4.78, 5) is 6.73. The molecule has 0 amide bonds. The van der Waals surface area contributed by atoms with Crippen LogP contribution in [-0.2, 0) is 10.0 Å². The van der Waals surface area contributed by atoms with Gasteiger partial charge in [0.15, 0.2) is 0 Å². The zero-order chi connectivity index (χ0) is 14.2. The predicted molar refractivity (Wildman–Crippen MR) is 75.9 cm³/mol. The highest BCUT2D eigenvalue weighted by atomic mass is 32.2. The summed E-state index contributed by atoms with van der Waals surface area (Å²) < 4.78 is 26.8. The molecule has 1 aromatic carbocycles. The summed E-state index contributed by atoms with van der Waals surface area (Å²) in [7, 11) is -3.70. The number of anilines is 1. The fraction of sp³-hybridized carbons (Fsp3) is 0. The number of H-pyrrole nitrogens is 1. The molecule has 0 bridgehead atoms. The molecule has 0 saturated heterocycles. The highest BCUT2D eigenvalue weighted by Crippen LogP contribution is 2.27. The van der Waals surface area contributed by atoms with Gasteiger partial charge >= 0.3 is 0 Å². The Hall–Kier alpha value is -2.37. The number of rotatable bonds is 3. The minimum Gasteiger partial charge on any atom is -0.359 e. The molecule has 0 aliphatic rings. The highest BCUT2D eigenvalue weighted by molar-refractivity contribution is 7.94. The highest BCUT2D eigenvalue weighted by Gasteiger charge is 2.19. The van der Waals surface area contributed by atoms with Gasteiger partial charge in [-0.2, -0.15) is 13.7 Å². The Morgan fingerprint density at radius 1 is 1.35 bits per heavy atom. The topological polar surface area (TPSA) is 98.6 Å². The first-order chi connectivity index (χ1) is 9.62. The molecule has 0 fully saturated rings. The fourth-order valence-electron chi connectivity index (χ4n) is 1.87. The van der Waals surface area contributed by atoms with Gasteiger partial charge in [-0.25, -0.2) is 4.98 Å². The second-order valence-corrected chi connectivity index (χ2v) is 6.69. The Bertz CT molecular complexity index is 905. The molecular formula is C12H8N4O2S2. The van der Waals surface area contributed by atoms with Gasteiger partial charge in [-0.15, -0.1) is 11.3 Å². The normalized spacial score (nSPS) is 11.3. The quantitative estimate of drug-likeness (QED) is 0.775. The lowest BCUT2D eigenvalue weighted by Gasteiger charge is -2.07. The van der Waals surface area contributed by atoms with Gasteiger partial charge in [-0.1, -0.05) is 0 Å². The number of nitrogens with one attached hydrogen (secondary N) is 2. The Labute approximate surface area is 118 Å². The SMILES string of the molecule is N#Cc1ccc(NS(=O)(=O)c2nccs2)c2[nH]ccc12. The van der Waals surface area contributed by atoms with Crippen LogP contribution in [0.5, 0.6) is 0 Å². The number of hydrogen-bond acceptors (Lipinski definition) is 5. The van der Waals surface area contributed by atoms with Gasteiger partial charge in [-0.3, -0.25) is 4.72 Å². The van der Waals surface area contributed by atoms with Crippen molar-refractivity contribution >= 4 is 38.0 Å². The summed E-state index contributed by atoms with van der Waals surface area (Å²) in [6, 6.07) is 6.93. The van der Waals surface area contributed by atoms with Gasteiger partial charge in [0.2, 0.25) is 4.34 Å². The van der Waals surface area contributed by atoms with Crippen molar-refractivity contribution < 1.29 is 8.42 Å². The molecule has 0 unspecified atom stereocenters. The first-order valence-electron chi connectivity index (χ1n) is 5.54. The Morgan fingerprint density at radius 3 is 2.90 bits per heavy atom. The van der Waals surface area contributed by atoms with Crippen molar-refractivity contribution in [2.45, 2.75) is 4.34 Å². The number of nitrogens with zero attached hydrogens (tertiary/aromatic N) is 2. The van der Waals surface area contributed by atoms with Crippen LogP contribution in [0.4, 0.5) is 5.69 Å². The van der Waals surface area contributed by atoms with Crippen LogP contribution in [0.1, 0.15) is 5.56 Å². The molecule has 0 radical (unpaired) electrons. The van der Waals surface area contributed by atoms with E-state index in [4.69, 9.17) is 5.26 Å². The van der Waals surface area contributed by atoms with E-state index in [1.807, 2.05) is 0 Å². The minimum absolute atomic E-state index is 0.00145. The molecule has 0 atom stereocenters. The van der Waals surface area contributed by atoms with Crippen LogP contribution in [0, 0.1) is 11.3 Å². The average Bonchev–Trinajstić information content (AvgIpc) is 3.10. The van der Waals surface area contributed by atoms with Gasteiger partial charge in [0.1, 0.15) is 0 Å². The molecule has 0 aliphatic carbocycles. The molecule has 8 heteroatoms. The van der Waals surface area contributed by atoms with Crippen molar-refractivity contribution in [2.75, 3.05) is 4.72 Å². The number of aromatic amines is 1. The Balaban J connectivity index is 2.09. The smallest absolute Gasteiger partial charge is 0.289 e. The lowest BCUT2D eigenvalue weighted by atomic mass is 10.1. The van der Waals surface area contributed by atoms with Crippen LogP contribution in [-0.4, -0.2) is 18.4 Å². The van der Waals surface area contributed by atoms with Gasteiger partial charge in [-0.05, 0) is 18.2 Å². The number of hydrogen-bond donors (Lipinski definition) is 2. The third-order valence-corrected chi connectivity index (χ3v) is 5.29. The molecule has 2 N–H and O–H groups in total. The minimum atomic E-state index is -3.70. The average molecular weight is 304 g/mol. The van der Waals surface area contributed by atoms with E-state index in [1.165, 1.54) is 6.20 Å². The predicted octanol–water partition coefficient (Wildman–Crippen LogP) is 2.30. The van der Waals surface area contributed by atoms with E-state index in [9.17, 15) is 8.42 Å². The molecule has 2 heterocycles. The molecule has 20 heavy (non-hydrogen) atoms. The van der Waals surface area contributed by atoms with Gasteiger partial charge in [0.25, 0.3) is 10.0 Å². The maximum absolute atomic E-state index is 12.1. The Morgan fingerprint density at radius 2 is 2.20 bits per heavy atom. The van der Waals surface area contributed by atoms with Crippen molar-refractivity contribution in [3.63, 3.8) is 0 Å². The second-order valence-electron chi connectivity index (χ2n) is 3.94. The molecule has 0 spiro atoms. The lowest BCUT2D eigenvalue weighted by Crippen LogP contribution is -2.12. The van der Waals surface area contributed by atoms with E-state index in [0.29, 0.717) is 22.2 Å². The first kappa shape index (κ1) is 12.7. The van der Waals surface area contributed by atoms with E-state index in [-0.39, 0.29) is 4.34 Å². The maximum Gasteiger partial charge on any atom is 0.289 e. The number of fused-ring (bicyclic) bond motifs is 1. The summed E-state index contributed by atoms with van der Waals surface area (Å²) in [6.45, 7) is 0. The number of benzene rings is 1. The monoisotopic (exact) mass is 304 g/mol. The van der Waals surface area contributed by atoms with Crippen molar-refractivity contribution in [3.05, 3.63) is 41.5 Å². The fourth-order valence-corrected chi connectivity index (χ4v) is 3.78. The third kappa shape index (κ3) is 2.03. The van der Waals surface area contributed by atoms with E-state index in [1.54, 1.807) is 29.8 Å². The van der Waals surface area contributed by atoms with Crippen LogP contribution < -0.4 is 4.72 Å². The number of aromatic nitrogens is 2. The second kappa shape index (κ2) is 4.63. The molecule has 0 saturated carbocycles. The van der Waals surface area contributed by atoms with Gasteiger partial charge < -0.3 is 4.98 Å². The van der Waals surface area contributed by atoms with Crippen LogP contribution >= 0.6 is 11.3 Å². The van der Waals surface area contributed by atoms with E-state index >= 15 is 0 Å². The van der Waals surface area contributed by atoms with Crippen LogP contribution in [0.25, 0.3) is 10.9 Å². The number of thiazole rings is 1. The molecule has 100 valence electrons. The van der Waals surface area contributed by atoms with Gasteiger partial charge in [0.05, 0.1) is 22.8 Å². The van der Waals surface area contributed by atoms with Gasteiger partial charge in [0, 0.05) is 23.2 Å². The van der Waals surface area contributed by atoms with Crippen LogP contribution in [0.2, 0.25) is 0 Å². The van der Waals surface area contributed by atoms with E-state index < -0.39 is 10.0 Å². The summed E-state index contributed by atoms with van der Waals surface area (Å²) in [5, 5.41) is 11.3. The van der Waals surface area contributed by atoms with Crippen molar-refractivity contribution in [1.29, 1.82) is 5.26 Å². The number of sulfonamides is 1. The van der Waals surface area contributed by atoms with E-state index in [0.717, 1.165) is 11.3 Å².